The lowest BCUT2D eigenvalue weighted by Crippen LogP contribution is -2.42. The fourth-order valence-corrected chi connectivity index (χ4v) is 3.31. The number of nitrogens with one attached hydrogen (secondary N) is 1. The van der Waals surface area contributed by atoms with Crippen LogP contribution in [-0.2, 0) is 0 Å². The SMILES string of the molecule is CCCNC(CSc1ccccc1Cl)C(C)(C)C. The second-order valence-electron chi connectivity index (χ2n) is 5.61. The van der Waals surface area contributed by atoms with E-state index in [-0.39, 0.29) is 5.41 Å². The van der Waals surface area contributed by atoms with Gasteiger partial charge in [0.05, 0.1) is 5.02 Å². The smallest absolute Gasteiger partial charge is 0.0541 e. The van der Waals surface area contributed by atoms with E-state index in [1.807, 2.05) is 30.0 Å². The number of hydrogen-bond acceptors (Lipinski definition) is 2. The standard InChI is InChI=1S/C15H24ClNS/c1-5-10-17-14(15(2,3)4)11-18-13-9-7-6-8-12(13)16/h6-9,14,17H,5,10-11H2,1-4H3. The Morgan fingerprint density at radius 1 is 1.28 bits per heavy atom. The zero-order chi connectivity index (χ0) is 13.6. The van der Waals surface area contributed by atoms with Gasteiger partial charge in [-0.2, -0.15) is 0 Å². The van der Waals surface area contributed by atoms with Crippen molar-refractivity contribution < 1.29 is 0 Å². The van der Waals surface area contributed by atoms with Crippen molar-refractivity contribution in [1.29, 1.82) is 0 Å². The summed E-state index contributed by atoms with van der Waals surface area (Å²) in [5.74, 6) is 1.05. The molecule has 102 valence electrons. The van der Waals surface area contributed by atoms with Crippen molar-refractivity contribution in [2.45, 2.75) is 45.1 Å². The summed E-state index contributed by atoms with van der Waals surface area (Å²) in [6.45, 7) is 10.1. The molecular formula is C15H24ClNS. The molecule has 18 heavy (non-hydrogen) atoms. The van der Waals surface area contributed by atoms with Gasteiger partial charge in [-0.3, -0.25) is 0 Å². The minimum Gasteiger partial charge on any atom is -0.313 e. The Hall–Kier alpha value is -0.180. The molecule has 0 saturated carbocycles. The summed E-state index contributed by atoms with van der Waals surface area (Å²) in [4.78, 5) is 1.17. The molecule has 1 aromatic rings. The summed E-state index contributed by atoms with van der Waals surface area (Å²) in [5, 5.41) is 4.49. The highest BCUT2D eigenvalue weighted by atomic mass is 35.5. The molecule has 0 spiro atoms. The van der Waals surface area contributed by atoms with Gasteiger partial charge < -0.3 is 5.32 Å². The Kier molecular flexibility index (Phi) is 6.54. The van der Waals surface area contributed by atoms with Gasteiger partial charge in [0.2, 0.25) is 0 Å². The predicted molar refractivity (Wildman–Crippen MR) is 83.7 cm³/mol. The second kappa shape index (κ2) is 7.42. The normalized spacial score (nSPS) is 13.6. The zero-order valence-corrected chi connectivity index (χ0v) is 13.4. The van der Waals surface area contributed by atoms with Crippen LogP contribution in [0.1, 0.15) is 34.1 Å². The second-order valence-corrected chi connectivity index (χ2v) is 7.08. The fraction of sp³-hybridized carbons (Fsp3) is 0.600. The highest BCUT2D eigenvalue weighted by Crippen LogP contribution is 2.30. The third kappa shape index (κ3) is 5.21. The molecule has 1 unspecified atom stereocenters. The fourth-order valence-electron chi connectivity index (χ4n) is 1.67. The first kappa shape index (κ1) is 15.9. The summed E-state index contributed by atoms with van der Waals surface area (Å²) in [6.07, 6.45) is 1.17. The van der Waals surface area contributed by atoms with Gasteiger partial charge >= 0.3 is 0 Å². The topological polar surface area (TPSA) is 12.0 Å². The largest absolute Gasteiger partial charge is 0.313 e. The van der Waals surface area contributed by atoms with Crippen molar-refractivity contribution in [3.63, 3.8) is 0 Å². The summed E-state index contributed by atoms with van der Waals surface area (Å²) in [7, 11) is 0. The number of halogens is 1. The van der Waals surface area contributed by atoms with Crippen molar-refractivity contribution in [3.8, 4) is 0 Å². The molecule has 1 rings (SSSR count). The van der Waals surface area contributed by atoms with Crippen LogP contribution in [0.3, 0.4) is 0 Å². The molecule has 0 bridgehead atoms. The van der Waals surface area contributed by atoms with Crippen molar-refractivity contribution in [2.24, 2.45) is 5.41 Å². The molecule has 0 aliphatic rings. The van der Waals surface area contributed by atoms with E-state index in [1.54, 1.807) is 0 Å². The molecule has 0 heterocycles. The van der Waals surface area contributed by atoms with Crippen molar-refractivity contribution in [2.75, 3.05) is 12.3 Å². The lowest BCUT2D eigenvalue weighted by molar-refractivity contribution is 0.292. The van der Waals surface area contributed by atoms with Crippen LogP contribution in [0.25, 0.3) is 0 Å². The maximum Gasteiger partial charge on any atom is 0.0541 e. The van der Waals surface area contributed by atoms with Crippen LogP contribution in [-0.4, -0.2) is 18.3 Å². The van der Waals surface area contributed by atoms with Crippen molar-refractivity contribution >= 4 is 23.4 Å². The molecule has 0 radical (unpaired) electrons. The molecule has 1 atom stereocenters. The minimum absolute atomic E-state index is 0.267. The summed E-state index contributed by atoms with van der Waals surface area (Å²) >= 11 is 8.02. The van der Waals surface area contributed by atoms with Crippen molar-refractivity contribution in [3.05, 3.63) is 29.3 Å². The maximum atomic E-state index is 6.19. The van der Waals surface area contributed by atoms with Gasteiger partial charge in [-0.25, -0.2) is 0 Å². The van der Waals surface area contributed by atoms with Gasteiger partial charge in [0.15, 0.2) is 0 Å². The first-order valence-electron chi connectivity index (χ1n) is 6.56. The van der Waals surface area contributed by atoms with Gasteiger partial charge in [0.1, 0.15) is 0 Å². The molecule has 0 aromatic heterocycles. The lowest BCUT2D eigenvalue weighted by Gasteiger charge is -2.31. The Morgan fingerprint density at radius 2 is 1.94 bits per heavy atom. The maximum absolute atomic E-state index is 6.19. The van der Waals surface area contributed by atoms with Crippen molar-refractivity contribution in [1.82, 2.24) is 5.32 Å². The van der Waals surface area contributed by atoms with Crippen LogP contribution in [0.4, 0.5) is 0 Å². The molecule has 0 fully saturated rings. The van der Waals surface area contributed by atoms with E-state index >= 15 is 0 Å². The quantitative estimate of drug-likeness (QED) is 0.750. The van der Waals surface area contributed by atoms with E-state index in [0.29, 0.717) is 6.04 Å². The minimum atomic E-state index is 0.267. The molecule has 1 N–H and O–H groups in total. The van der Waals surface area contributed by atoms with Crippen LogP contribution in [0.2, 0.25) is 5.02 Å². The molecule has 0 amide bonds. The van der Waals surface area contributed by atoms with E-state index in [2.05, 4.69) is 39.1 Å². The number of hydrogen-bond donors (Lipinski definition) is 1. The molecule has 1 aromatic carbocycles. The van der Waals surface area contributed by atoms with E-state index in [9.17, 15) is 0 Å². The predicted octanol–water partition coefficient (Wildman–Crippen LogP) is 4.85. The highest BCUT2D eigenvalue weighted by Gasteiger charge is 2.24. The third-order valence-corrected chi connectivity index (χ3v) is 4.54. The Balaban J connectivity index is 2.59. The average molecular weight is 286 g/mol. The summed E-state index contributed by atoms with van der Waals surface area (Å²) in [5.41, 5.74) is 0.267. The first-order valence-corrected chi connectivity index (χ1v) is 7.92. The molecular weight excluding hydrogens is 262 g/mol. The van der Waals surface area contributed by atoms with E-state index in [1.165, 1.54) is 11.3 Å². The summed E-state index contributed by atoms with van der Waals surface area (Å²) < 4.78 is 0. The Labute approximate surface area is 121 Å². The molecule has 3 heteroatoms. The number of thioether (sulfide) groups is 1. The molecule has 0 aliphatic heterocycles. The van der Waals surface area contributed by atoms with E-state index in [0.717, 1.165) is 17.3 Å². The lowest BCUT2D eigenvalue weighted by atomic mass is 9.88. The van der Waals surface area contributed by atoms with Crippen LogP contribution < -0.4 is 5.32 Å². The van der Waals surface area contributed by atoms with Gasteiger partial charge in [0, 0.05) is 16.7 Å². The average Bonchev–Trinajstić information content (AvgIpc) is 2.29. The Morgan fingerprint density at radius 3 is 2.50 bits per heavy atom. The van der Waals surface area contributed by atoms with E-state index < -0.39 is 0 Å². The number of rotatable bonds is 6. The van der Waals surface area contributed by atoms with Crippen LogP contribution in [0.15, 0.2) is 29.2 Å². The van der Waals surface area contributed by atoms with Gasteiger partial charge in [-0.05, 0) is 30.5 Å². The van der Waals surface area contributed by atoms with Gasteiger partial charge in [-0.1, -0.05) is 51.4 Å². The Bertz CT molecular complexity index is 360. The van der Waals surface area contributed by atoms with Gasteiger partial charge in [0.25, 0.3) is 0 Å². The zero-order valence-electron chi connectivity index (χ0n) is 11.8. The first-order chi connectivity index (χ1) is 8.45. The number of benzene rings is 1. The molecule has 0 aliphatic carbocycles. The van der Waals surface area contributed by atoms with Crippen LogP contribution in [0, 0.1) is 5.41 Å². The highest BCUT2D eigenvalue weighted by molar-refractivity contribution is 7.99. The van der Waals surface area contributed by atoms with E-state index in [4.69, 9.17) is 11.6 Å². The molecule has 1 nitrogen and oxygen atoms in total. The van der Waals surface area contributed by atoms with Crippen LogP contribution in [0.5, 0.6) is 0 Å². The van der Waals surface area contributed by atoms with Crippen LogP contribution >= 0.6 is 23.4 Å². The van der Waals surface area contributed by atoms with Gasteiger partial charge in [-0.15, -0.1) is 11.8 Å². The molecule has 0 saturated heterocycles. The monoisotopic (exact) mass is 285 g/mol. The third-order valence-electron chi connectivity index (χ3n) is 2.93. The summed E-state index contributed by atoms with van der Waals surface area (Å²) in [6, 6.07) is 8.56.